The lowest BCUT2D eigenvalue weighted by molar-refractivity contribution is -0.122. The van der Waals surface area contributed by atoms with Crippen molar-refractivity contribution in [3.8, 4) is 0 Å². The highest BCUT2D eigenvalue weighted by Crippen LogP contribution is 2.32. The smallest absolute Gasteiger partial charge is 0.220 e. The molecule has 0 aliphatic heterocycles. The van der Waals surface area contributed by atoms with Gasteiger partial charge in [0.05, 0.1) is 0 Å². The first-order valence-corrected chi connectivity index (χ1v) is 8.84. The number of amides is 1. The van der Waals surface area contributed by atoms with Crippen molar-refractivity contribution in [2.45, 2.75) is 69.7 Å². The summed E-state index contributed by atoms with van der Waals surface area (Å²) in [6.07, 6.45) is 9.59. The van der Waals surface area contributed by atoms with E-state index in [1.807, 2.05) is 0 Å². The van der Waals surface area contributed by atoms with Gasteiger partial charge in [-0.3, -0.25) is 4.79 Å². The Hall–Kier alpha value is -1.35. The molecule has 3 nitrogen and oxygen atoms in total. The maximum Gasteiger partial charge on any atom is 0.220 e. The summed E-state index contributed by atoms with van der Waals surface area (Å²) >= 11 is 0. The predicted octanol–water partition coefficient (Wildman–Crippen LogP) is 3.74. The van der Waals surface area contributed by atoms with Crippen LogP contribution in [0.2, 0.25) is 0 Å². The van der Waals surface area contributed by atoms with E-state index in [0.717, 1.165) is 45.1 Å². The molecule has 22 heavy (non-hydrogen) atoms. The van der Waals surface area contributed by atoms with Crippen LogP contribution in [-0.2, 0) is 4.79 Å². The van der Waals surface area contributed by atoms with Crippen LogP contribution in [0.1, 0.15) is 69.3 Å². The molecule has 122 valence electrons. The zero-order valence-electron chi connectivity index (χ0n) is 13.6. The second kappa shape index (κ2) is 9.62. The van der Waals surface area contributed by atoms with Gasteiger partial charge in [0.1, 0.15) is 0 Å². The molecule has 3 heteroatoms. The summed E-state index contributed by atoms with van der Waals surface area (Å²) in [6.45, 7) is 0.761. The molecule has 0 spiro atoms. The van der Waals surface area contributed by atoms with Gasteiger partial charge in [0.25, 0.3) is 0 Å². The second-order valence-electron chi connectivity index (χ2n) is 6.48. The average Bonchev–Trinajstić information content (AvgIpc) is 2.56. The minimum atomic E-state index is 0.232. The average molecular weight is 302 g/mol. The molecule has 0 aromatic heterocycles. The molecule has 0 saturated heterocycles. The summed E-state index contributed by atoms with van der Waals surface area (Å²) in [5, 5.41) is 3.22. The number of benzene rings is 1. The van der Waals surface area contributed by atoms with E-state index in [1.54, 1.807) is 0 Å². The monoisotopic (exact) mass is 302 g/mol. The Kier molecular flexibility index (Phi) is 7.44. The van der Waals surface area contributed by atoms with Gasteiger partial charge in [0, 0.05) is 12.5 Å². The van der Waals surface area contributed by atoms with Crippen molar-refractivity contribution in [3.05, 3.63) is 35.9 Å². The first kappa shape index (κ1) is 17.0. The lowest BCUT2D eigenvalue weighted by Crippen LogP contribution is -2.37. The van der Waals surface area contributed by atoms with Crippen molar-refractivity contribution in [1.29, 1.82) is 0 Å². The molecule has 0 atom stereocenters. The van der Waals surface area contributed by atoms with Crippen molar-refractivity contribution in [2.75, 3.05) is 6.54 Å². The minimum absolute atomic E-state index is 0.232. The minimum Gasteiger partial charge on any atom is -0.353 e. The van der Waals surface area contributed by atoms with Gasteiger partial charge in [0.2, 0.25) is 5.91 Å². The van der Waals surface area contributed by atoms with Crippen molar-refractivity contribution in [3.63, 3.8) is 0 Å². The van der Waals surface area contributed by atoms with Gasteiger partial charge < -0.3 is 11.1 Å². The summed E-state index contributed by atoms with van der Waals surface area (Å²) in [4.78, 5) is 12.0. The van der Waals surface area contributed by atoms with Crippen molar-refractivity contribution in [2.24, 2.45) is 5.73 Å². The zero-order valence-corrected chi connectivity index (χ0v) is 13.6. The lowest BCUT2D eigenvalue weighted by Gasteiger charge is -2.29. The van der Waals surface area contributed by atoms with Gasteiger partial charge in [-0.15, -0.1) is 0 Å². The van der Waals surface area contributed by atoms with Crippen LogP contribution < -0.4 is 11.1 Å². The molecule has 1 aliphatic rings. The molecular formula is C19H30N2O. The maximum absolute atomic E-state index is 12.0. The number of rotatable bonds is 8. The fraction of sp³-hybridized carbons (Fsp3) is 0.632. The molecule has 1 aromatic rings. The molecule has 1 aromatic carbocycles. The molecule has 0 unspecified atom stereocenters. The summed E-state index contributed by atoms with van der Waals surface area (Å²) in [5.74, 6) is 0.904. The highest BCUT2D eigenvalue weighted by atomic mass is 16.1. The van der Waals surface area contributed by atoms with E-state index in [2.05, 4.69) is 35.6 Å². The number of hydrogen-bond acceptors (Lipinski definition) is 2. The molecule has 3 N–H and O–H groups in total. The number of unbranched alkanes of at least 4 members (excludes halogenated alkanes) is 3. The van der Waals surface area contributed by atoms with Crippen LogP contribution in [0.15, 0.2) is 30.3 Å². The molecule has 1 amide bonds. The van der Waals surface area contributed by atoms with E-state index in [-0.39, 0.29) is 5.91 Å². The first-order chi connectivity index (χ1) is 10.8. The molecule has 0 bridgehead atoms. The van der Waals surface area contributed by atoms with Crippen LogP contribution in [0.4, 0.5) is 0 Å². The Bertz CT molecular complexity index is 424. The summed E-state index contributed by atoms with van der Waals surface area (Å²) in [7, 11) is 0. The van der Waals surface area contributed by atoms with Crippen LogP contribution in [0.25, 0.3) is 0 Å². The van der Waals surface area contributed by atoms with Crippen LogP contribution in [0.3, 0.4) is 0 Å². The Labute approximate surface area is 134 Å². The normalized spacial score (nSPS) is 21.5. The molecule has 0 heterocycles. The van der Waals surface area contributed by atoms with Gasteiger partial charge in [-0.25, -0.2) is 0 Å². The molecule has 1 aliphatic carbocycles. The van der Waals surface area contributed by atoms with Gasteiger partial charge in [0.15, 0.2) is 0 Å². The third-order valence-electron chi connectivity index (χ3n) is 4.72. The van der Waals surface area contributed by atoms with Crippen LogP contribution in [0, 0.1) is 0 Å². The van der Waals surface area contributed by atoms with Crippen molar-refractivity contribution in [1.82, 2.24) is 5.32 Å². The summed E-state index contributed by atoms with van der Waals surface area (Å²) in [5.41, 5.74) is 6.92. The second-order valence-corrected chi connectivity index (χ2v) is 6.48. The molecule has 1 saturated carbocycles. The standard InChI is InChI=1S/C19H30N2O/c20-15-7-2-1-6-10-19(22)21-18-13-11-17(12-14-18)16-8-4-3-5-9-16/h3-5,8-9,17-18H,1-2,6-7,10-15,20H2,(H,21,22). The Morgan fingerprint density at radius 1 is 1.00 bits per heavy atom. The van der Waals surface area contributed by atoms with E-state index in [0.29, 0.717) is 18.4 Å². The Morgan fingerprint density at radius 2 is 1.68 bits per heavy atom. The molecule has 2 rings (SSSR count). The number of nitrogens with two attached hydrogens (primary N) is 1. The van der Waals surface area contributed by atoms with E-state index >= 15 is 0 Å². The number of nitrogens with one attached hydrogen (secondary N) is 1. The fourth-order valence-electron chi connectivity index (χ4n) is 3.38. The lowest BCUT2D eigenvalue weighted by atomic mass is 9.82. The third-order valence-corrected chi connectivity index (χ3v) is 4.72. The van der Waals surface area contributed by atoms with Gasteiger partial charge >= 0.3 is 0 Å². The predicted molar refractivity (Wildman–Crippen MR) is 91.7 cm³/mol. The van der Waals surface area contributed by atoms with E-state index in [1.165, 1.54) is 18.4 Å². The maximum atomic E-state index is 12.0. The highest BCUT2D eigenvalue weighted by Gasteiger charge is 2.23. The van der Waals surface area contributed by atoms with Crippen LogP contribution in [0.5, 0.6) is 0 Å². The summed E-state index contributed by atoms with van der Waals surface area (Å²) in [6, 6.07) is 11.1. The van der Waals surface area contributed by atoms with Crippen LogP contribution >= 0.6 is 0 Å². The summed E-state index contributed by atoms with van der Waals surface area (Å²) < 4.78 is 0. The van der Waals surface area contributed by atoms with E-state index in [9.17, 15) is 4.79 Å². The number of carbonyl (C=O) groups is 1. The SMILES string of the molecule is NCCCCCCC(=O)NC1CCC(c2ccccc2)CC1. The Morgan fingerprint density at radius 3 is 2.36 bits per heavy atom. The van der Waals surface area contributed by atoms with Gasteiger partial charge in [-0.1, -0.05) is 43.2 Å². The number of carbonyl (C=O) groups excluding carboxylic acids is 1. The van der Waals surface area contributed by atoms with Gasteiger partial charge in [-0.05, 0) is 56.6 Å². The van der Waals surface area contributed by atoms with Gasteiger partial charge in [-0.2, -0.15) is 0 Å². The highest BCUT2D eigenvalue weighted by molar-refractivity contribution is 5.76. The van der Waals surface area contributed by atoms with E-state index < -0.39 is 0 Å². The largest absolute Gasteiger partial charge is 0.353 e. The molecule has 0 radical (unpaired) electrons. The molecular weight excluding hydrogens is 272 g/mol. The first-order valence-electron chi connectivity index (χ1n) is 8.84. The topological polar surface area (TPSA) is 55.1 Å². The Balaban J connectivity index is 1.62. The van der Waals surface area contributed by atoms with E-state index in [4.69, 9.17) is 5.73 Å². The zero-order chi connectivity index (χ0) is 15.6. The van der Waals surface area contributed by atoms with Crippen molar-refractivity contribution >= 4 is 5.91 Å². The van der Waals surface area contributed by atoms with Crippen molar-refractivity contribution < 1.29 is 4.79 Å². The third kappa shape index (κ3) is 5.80. The number of hydrogen-bond donors (Lipinski definition) is 2. The van der Waals surface area contributed by atoms with Crippen LogP contribution in [-0.4, -0.2) is 18.5 Å². The quantitative estimate of drug-likeness (QED) is 0.719. The molecule has 1 fully saturated rings. The fourth-order valence-corrected chi connectivity index (χ4v) is 3.38.